The van der Waals surface area contributed by atoms with Crippen molar-refractivity contribution in [1.29, 1.82) is 0 Å². The van der Waals surface area contributed by atoms with E-state index >= 15 is 0 Å². The Bertz CT molecular complexity index is 373. The van der Waals surface area contributed by atoms with Crippen molar-refractivity contribution in [2.24, 2.45) is 28.1 Å². The van der Waals surface area contributed by atoms with Gasteiger partial charge in [-0.2, -0.15) is 0 Å². The van der Waals surface area contributed by atoms with E-state index in [9.17, 15) is 5.11 Å². The largest absolute Gasteiger partial charge is 0.393 e. The van der Waals surface area contributed by atoms with Gasteiger partial charge in [-0.1, -0.05) is 20.8 Å². The molecule has 4 rings (SSSR count). The zero-order valence-corrected chi connectivity index (χ0v) is 14.5. The summed E-state index contributed by atoms with van der Waals surface area (Å²) >= 11 is 0. The summed E-state index contributed by atoms with van der Waals surface area (Å²) in [7, 11) is 1.75. The van der Waals surface area contributed by atoms with E-state index in [0.29, 0.717) is 22.2 Å². The molecule has 0 spiro atoms. The molecule has 0 radical (unpaired) electrons. The van der Waals surface area contributed by atoms with Gasteiger partial charge in [-0.3, -0.25) is 0 Å². The van der Waals surface area contributed by atoms with Crippen molar-refractivity contribution >= 4 is 0 Å². The molecule has 0 heterocycles. The molecule has 4 saturated carbocycles. The summed E-state index contributed by atoms with van der Waals surface area (Å²) in [6.07, 6.45) is 10.3. The van der Waals surface area contributed by atoms with Crippen molar-refractivity contribution in [3.05, 3.63) is 0 Å². The quantitative estimate of drug-likeness (QED) is 0.786. The molecule has 4 bridgehead atoms. The number of methoxy groups -OCH3 is 1. The van der Waals surface area contributed by atoms with Crippen molar-refractivity contribution in [2.75, 3.05) is 13.7 Å². The molecular formula is C19H34O2. The Morgan fingerprint density at radius 2 is 1.71 bits per heavy atom. The van der Waals surface area contributed by atoms with Gasteiger partial charge >= 0.3 is 0 Å². The van der Waals surface area contributed by atoms with Gasteiger partial charge in [-0.05, 0) is 79.4 Å². The van der Waals surface area contributed by atoms with Gasteiger partial charge in [0.15, 0.2) is 0 Å². The lowest BCUT2D eigenvalue weighted by atomic mass is 9.39. The number of hydrogen-bond acceptors (Lipinski definition) is 2. The fourth-order valence-electron chi connectivity index (χ4n) is 7.05. The van der Waals surface area contributed by atoms with Gasteiger partial charge in [-0.25, -0.2) is 0 Å². The minimum Gasteiger partial charge on any atom is -0.393 e. The van der Waals surface area contributed by atoms with E-state index in [4.69, 9.17) is 4.74 Å². The number of rotatable bonds is 6. The lowest BCUT2D eigenvalue weighted by molar-refractivity contribution is -0.159. The van der Waals surface area contributed by atoms with Gasteiger partial charge < -0.3 is 9.84 Å². The summed E-state index contributed by atoms with van der Waals surface area (Å²) in [6, 6.07) is 0. The molecule has 0 aromatic heterocycles. The average molecular weight is 294 g/mol. The summed E-state index contributed by atoms with van der Waals surface area (Å²) in [6.45, 7) is 7.99. The van der Waals surface area contributed by atoms with Crippen LogP contribution in [0, 0.1) is 28.1 Å². The van der Waals surface area contributed by atoms with Crippen LogP contribution >= 0.6 is 0 Å². The molecule has 2 heteroatoms. The molecule has 4 aliphatic carbocycles. The molecule has 0 aliphatic heterocycles. The molecule has 21 heavy (non-hydrogen) atoms. The summed E-state index contributed by atoms with van der Waals surface area (Å²) in [5.41, 5.74) is 1.55. The van der Waals surface area contributed by atoms with Crippen LogP contribution in [0.4, 0.5) is 0 Å². The molecule has 2 nitrogen and oxygen atoms in total. The lowest BCUT2D eigenvalue weighted by Crippen LogP contribution is -2.55. The summed E-state index contributed by atoms with van der Waals surface area (Å²) in [5, 5.41) is 10.7. The maximum absolute atomic E-state index is 10.7. The molecule has 4 fully saturated rings. The van der Waals surface area contributed by atoms with Crippen LogP contribution in [0.1, 0.15) is 72.1 Å². The predicted octanol–water partition coefficient (Wildman–Crippen LogP) is 4.41. The highest BCUT2D eigenvalue weighted by Crippen LogP contribution is 2.70. The fraction of sp³-hybridized carbons (Fsp3) is 1.00. The molecule has 0 aromatic rings. The second kappa shape index (κ2) is 5.23. The maximum Gasteiger partial charge on any atom is 0.0571 e. The zero-order chi connectivity index (χ0) is 15.3. The Balaban J connectivity index is 1.70. The Hall–Kier alpha value is -0.0800. The number of hydrogen-bond donors (Lipinski definition) is 1. The number of ether oxygens (including phenoxy) is 1. The topological polar surface area (TPSA) is 29.5 Å². The van der Waals surface area contributed by atoms with E-state index in [1.54, 1.807) is 7.11 Å². The average Bonchev–Trinajstić information content (AvgIpc) is 2.30. The highest BCUT2D eigenvalue weighted by molar-refractivity contribution is 5.10. The van der Waals surface area contributed by atoms with Crippen LogP contribution < -0.4 is 0 Å². The third-order valence-electron chi connectivity index (χ3n) is 6.82. The molecule has 122 valence electrons. The highest BCUT2D eigenvalue weighted by atomic mass is 16.5. The van der Waals surface area contributed by atoms with Crippen molar-refractivity contribution in [1.82, 2.24) is 0 Å². The molecule has 4 aliphatic rings. The Kier molecular flexibility index (Phi) is 3.94. The number of aliphatic hydroxyl groups excluding tert-OH is 1. The third-order valence-corrected chi connectivity index (χ3v) is 6.82. The van der Waals surface area contributed by atoms with Crippen LogP contribution in [-0.4, -0.2) is 24.9 Å². The standard InChI is InChI=1S/C19H34O2/c1-14(5-6-21-4)16(20)10-19-9-15-7-17(2,12-19)11-18(3,8-15)13-19/h14-16,20H,5-13H2,1-4H3. The Labute approximate surface area is 130 Å². The van der Waals surface area contributed by atoms with Crippen molar-refractivity contribution < 1.29 is 9.84 Å². The smallest absolute Gasteiger partial charge is 0.0571 e. The highest BCUT2D eigenvalue weighted by Gasteiger charge is 2.60. The van der Waals surface area contributed by atoms with Crippen LogP contribution in [0.5, 0.6) is 0 Å². The van der Waals surface area contributed by atoms with Crippen LogP contribution in [0.25, 0.3) is 0 Å². The molecule has 0 saturated heterocycles. The van der Waals surface area contributed by atoms with E-state index in [0.717, 1.165) is 25.4 Å². The summed E-state index contributed by atoms with van der Waals surface area (Å²) in [5.74, 6) is 1.29. The Morgan fingerprint density at radius 1 is 1.10 bits per heavy atom. The molecule has 0 amide bonds. The van der Waals surface area contributed by atoms with E-state index in [-0.39, 0.29) is 6.10 Å². The van der Waals surface area contributed by atoms with Crippen molar-refractivity contribution in [3.63, 3.8) is 0 Å². The first-order chi connectivity index (χ1) is 9.77. The van der Waals surface area contributed by atoms with E-state index in [1.165, 1.54) is 38.5 Å². The van der Waals surface area contributed by atoms with E-state index < -0.39 is 0 Å². The third kappa shape index (κ3) is 3.03. The molecule has 1 N–H and O–H groups in total. The van der Waals surface area contributed by atoms with Gasteiger partial charge in [0.25, 0.3) is 0 Å². The second-order valence-electron chi connectivity index (χ2n) is 9.66. The minimum atomic E-state index is -0.149. The fourth-order valence-corrected chi connectivity index (χ4v) is 7.05. The van der Waals surface area contributed by atoms with Crippen LogP contribution in [0.15, 0.2) is 0 Å². The Morgan fingerprint density at radius 3 is 2.24 bits per heavy atom. The van der Waals surface area contributed by atoms with Crippen LogP contribution in [0.3, 0.4) is 0 Å². The number of aliphatic hydroxyl groups is 1. The van der Waals surface area contributed by atoms with Crippen molar-refractivity contribution in [3.8, 4) is 0 Å². The monoisotopic (exact) mass is 294 g/mol. The second-order valence-corrected chi connectivity index (χ2v) is 9.66. The van der Waals surface area contributed by atoms with Gasteiger partial charge in [0.05, 0.1) is 6.10 Å². The molecular weight excluding hydrogens is 260 g/mol. The first-order valence-corrected chi connectivity index (χ1v) is 8.94. The molecule has 4 atom stereocenters. The first-order valence-electron chi connectivity index (χ1n) is 8.94. The predicted molar refractivity (Wildman–Crippen MR) is 86.1 cm³/mol. The lowest BCUT2D eigenvalue weighted by Gasteiger charge is -2.66. The van der Waals surface area contributed by atoms with Gasteiger partial charge in [0, 0.05) is 13.7 Å². The summed E-state index contributed by atoms with van der Waals surface area (Å²) in [4.78, 5) is 0. The minimum absolute atomic E-state index is 0.149. The van der Waals surface area contributed by atoms with Crippen LogP contribution in [-0.2, 0) is 4.74 Å². The first kappa shape index (κ1) is 15.8. The molecule has 0 aromatic carbocycles. The summed E-state index contributed by atoms with van der Waals surface area (Å²) < 4.78 is 5.18. The van der Waals surface area contributed by atoms with Gasteiger partial charge in [0.1, 0.15) is 0 Å². The zero-order valence-electron chi connectivity index (χ0n) is 14.5. The van der Waals surface area contributed by atoms with E-state index in [1.807, 2.05) is 0 Å². The van der Waals surface area contributed by atoms with Crippen LogP contribution in [0.2, 0.25) is 0 Å². The van der Waals surface area contributed by atoms with Gasteiger partial charge in [0.2, 0.25) is 0 Å². The molecule has 4 unspecified atom stereocenters. The maximum atomic E-state index is 10.7. The van der Waals surface area contributed by atoms with Gasteiger partial charge in [-0.15, -0.1) is 0 Å². The SMILES string of the molecule is COCCC(C)C(O)CC12CC3CC(C)(CC(C)(C3)C1)C2. The normalized spacial score (nSPS) is 47.6. The van der Waals surface area contributed by atoms with E-state index in [2.05, 4.69) is 20.8 Å². The van der Waals surface area contributed by atoms with Crippen molar-refractivity contribution in [2.45, 2.75) is 78.2 Å².